The van der Waals surface area contributed by atoms with Crippen LogP contribution in [0.1, 0.15) is 110 Å². The van der Waals surface area contributed by atoms with Gasteiger partial charge < -0.3 is 34.1 Å². The van der Waals surface area contributed by atoms with Crippen LogP contribution in [0.15, 0.2) is 0 Å². The smallest absolute Gasteiger partial charge is 0.790 e. The molecule has 44 heavy (non-hydrogen) atoms. The van der Waals surface area contributed by atoms with Gasteiger partial charge in [0.25, 0.3) is 0 Å². The number of phosphoric acid groups is 1. The number of unbranched alkanes of at least 4 members (excludes halogenated alkanes) is 11. The fourth-order valence-electron chi connectivity index (χ4n) is 3.13. The molecule has 0 aromatic rings. The second kappa shape index (κ2) is 35.8. The summed E-state index contributed by atoms with van der Waals surface area (Å²) in [5.41, 5.74) is 4.47. The molecule has 0 radical (unpaired) electrons. The van der Waals surface area contributed by atoms with Gasteiger partial charge in [0, 0.05) is 32.1 Å². The van der Waals surface area contributed by atoms with Gasteiger partial charge in [0.1, 0.15) is 6.61 Å². The predicted molar refractivity (Wildman–Crippen MR) is 174 cm³/mol. The van der Waals surface area contributed by atoms with Crippen LogP contribution in [-0.4, -0.2) is 37.2 Å². The Morgan fingerprint density at radius 1 is 0.795 bits per heavy atom. The molecule has 0 aliphatic carbocycles. The van der Waals surface area contributed by atoms with Gasteiger partial charge in [-0.3, -0.25) is 9.59 Å². The molecule has 10 nitrogen and oxygen atoms in total. The number of primary amides is 1. The zero-order chi connectivity index (χ0) is 31.9. The summed E-state index contributed by atoms with van der Waals surface area (Å²) < 4.78 is 24.9. The van der Waals surface area contributed by atoms with E-state index in [1.54, 1.807) is 0 Å². The van der Waals surface area contributed by atoms with E-state index >= 15 is 0 Å². The maximum atomic E-state index is 12.1. The molecule has 1 amide bonds. The van der Waals surface area contributed by atoms with Crippen molar-refractivity contribution >= 4 is 25.7 Å². The normalized spacial score (nSPS) is 9.61. The van der Waals surface area contributed by atoms with Gasteiger partial charge in [-0.25, -0.2) is 4.79 Å². The van der Waals surface area contributed by atoms with E-state index in [4.69, 9.17) is 15.9 Å². The van der Waals surface area contributed by atoms with Crippen LogP contribution < -0.4 is 74.6 Å². The number of ether oxygens (including phenoxy) is 2. The Hall–Kier alpha value is -1.68. The number of phosphoric ester groups is 1. The summed E-state index contributed by atoms with van der Waals surface area (Å²) >= 11 is 0. The minimum Gasteiger partial charge on any atom is -0.790 e. The molecule has 0 unspecified atom stereocenters. The average molecular weight is 666 g/mol. The van der Waals surface area contributed by atoms with E-state index in [0.717, 1.165) is 19.3 Å². The molecule has 0 rings (SSSR count). The minimum atomic E-state index is -5.31. The molecule has 1 atom stereocenters. The minimum absolute atomic E-state index is 0. The number of carbonyl (C=O) groups is 3. The van der Waals surface area contributed by atoms with Gasteiger partial charge >= 0.3 is 71.1 Å². The molecule has 2 N–H and O–H groups in total. The molecule has 0 heterocycles. The van der Waals surface area contributed by atoms with E-state index in [-0.39, 0.29) is 84.3 Å². The zero-order valence-corrected chi connectivity index (χ0v) is 31.4. The van der Waals surface area contributed by atoms with Crippen molar-refractivity contribution in [2.45, 2.75) is 103 Å². The number of carbonyl (C=O) groups excluding carboxylic acids is 3. The van der Waals surface area contributed by atoms with Crippen LogP contribution in [0.4, 0.5) is 0 Å². The first-order chi connectivity index (χ1) is 20.0. The molecule has 0 aliphatic rings. The third kappa shape index (κ3) is 44.8. The van der Waals surface area contributed by atoms with Crippen LogP contribution in [-0.2, 0) is 32.9 Å². The monoisotopic (exact) mass is 665 g/mol. The maximum absolute atomic E-state index is 12.1. The van der Waals surface area contributed by atoms with Gasteiger partial charge in [-0.2, -0.15) is 0 Å². The first-order valence-electron chi connectivity index (χ1n) is 13.8. The van der Waals surface area contributed by atoms with E-state index in [0.29, 0.717) is 6.42 Å². The molecule has 0 bridgehead atoms. The summed E-state index contributed by atoms with van der Waals surface area (Å²) in [5.74, 6) is 18.3. The largest absolute Gasteiger partial charge is 1.00 e. The Balaban J connectivity index is -0.0000000919. The van der Waals surface area contributed by atoms with Gasteiger partial charge in [-0.15, -0.1) is 6.42 Å². The third-order valence-corrected chi connectivity index (χ3v) is 5.43. The first-order valence-corrected chi connectivity index (χ1v) is 15.2. The summed E-state index contributed by atoms with van der Waals surface area (Å²) in [5, 5.41) is 0. The fraction of sp³-hybridized carbons (Fsp3) is 0.581. The van der Waals surface area contributed by atoms with Gasteiger partial charge in [-0.1, -0.05) is 77.6 Å². The number of rotatable bonds is 19. The Kier molecular flexibility index (Phi) is 40.0. The summed E-state index contributed by atoms with van der Waals surface area (Å²) in [6, 6.07) is 0. The maximum Gasteiger partial charge on any atom is 1.00 e. The van der Waals surface area contributed by atoms with E-state index in [2.05, 4.69) is 70.5 Å². The predicted octanol–water partition coefficient (Wildman–Crippen LogP) is -1.26. The Morgan fingerprint density at radius 2 is 1.23 bits per heavy atom. The van der Waals surface area contributed by atoms with Gasteiger partial charge in [0.15, 0.2) is 6.10 Å². The Labute approximate surface area is 320 Å². The molecule has 0 aromatic carbocycles. The van der Waals surface area contributed by atoms with Crippen LogP contribution >= 0.6 is 7.82 Å². The van der Waals surface area contributed by atoms with Crippen molar-refractivity contribution in [1.82, 2.24) is 0 Å². The van der Waals surface area contributed by atoms with Crippen molar-refractivity contribution in [3.63, 3.8) is 0 Å². The number of esters is 2. The van der Waals surface area contributed by atoms with Crippen LogP contribution in [0.5, 0.6) is 0 Å². The van der Waals surface area contributed by atoms with E-state index in [1.807, 2.05) is 0 Å². The van der Waals surface area contributed by atoms with Gasteiger partial charge in [0.05, 0.1) is 14.4 Å². The van der Waals surface area contributed by atoms with Crippen molar-refractivity contribution in [2.75, 3.05) is 13.2 Å². The molecular formula is C31H58NNa2O9P. The standard InChI is InChI=1S/C29H37O8P.C2H5NO.2Na.9H2/c1-3-5-7-9-11-13-14-15-16-18-20-22-24-29(31)37-27(26-36-38(32,33)34)25-35-28(30)23-21-19-17-12-10-8-6-4-2;1-2(3)4;;;;;;;;;;;/h2,27H,3,5,7,9,11,13-16,18,20,22,24-26H2,1H3,(H2,32,33,34);1H3,(H2,3,4);;;9*1H/q;;2*+1;;;;;;;;;/p-2/t27-;;;;;;;;;;;;/m1............/s1. The first kappa shape index (κ1) is 49.2. The summed E-state index contributed by atoms with van der Waals surface area (Å²) in [4.78, 5) is 54.6. The summed E-state index contributed by atoms with van der Waals surface area (Å²) in [6.07, 6.45) is 17.5. The summed E-state index contributed by atoms with van der Waals surface area (Å²) in [7, 11) is -5.31. The molecule has 0 aromatic heterocycles. The van der Waals surface area contributed by atoms with Gasteiger partial charge in [-0.05, 0) is 53.8 Å². The Bertz CT molecular complexity index is 1180. The SMILES string of the molecule is C#CC#CC#CC#CC#CC(=O)OC[C@H](COP(=O)([O-])[O-])OC(=O)CCCCCCCCCCCCCC.CC(N)=O.[HH].[HH].[HH].[HH].[HH].[HH].[HH].[HH].[HH].[Na+].[Na+]. The topological polar surface area (TPSA) is 168 Å². The quantitative estimate of drug-likeness (QED) is 0.0442. The summed E-state index contributed by atoms with van der Waals surface area (Å²) in [6.45, 7) is 2.19. The third-order valence-electron chi connectivity index (χ3n) is 4.96. The van der Waals surface area contributed by atoms with Crippen LogP contribution in [0.25, 0.3) is 0 Å². The van der Waals surface area contributed by atoms with Crippen LogP contribution in [0.3, 0.4) is 0 Å². The molecule has 0 aliphatic heterocycles. The van der Waals surface area contributed by atoms with Gasteiger partial charge in [0.2, 0.25) is 5.91 Å². The molecular weight excluding hydrogens is 607 g/mol. The average Bonchev–Trinajstić information content (AvgIpc) is 2.91. The molecule has 0 saturated carbocycles. The second-order valence-corrected chi connectivity index (χ2v) is 10.0. The number of hydrogen-bond donors (Lipinski definition) is 1. The number of nitrogens with two attached hydrogens (primary N) is 1. The Morgan fingerprint density at radius 3 is 1.68 bits per heavy atom. The molecule has 13 heteroatoms. The van der Waals surface area contributed by atoms with Crippen molar-refractivity contribution in [2.24, 2.45) is 5.73 Å². The van der Waals surface area contributed by atoms with Crippen LogP contribution in [0.2, 0.25) is 0 Å². The molecule has 0 fully saturated rings. The number of amides is 1. The van der Waals surface area contributed by atoms with Crippen molar-refractivity contribution in [3.05, 3.63) is 0 Å². The van der Waals surface area contributed by atoms with Crippen molar-refractivity contribution in [1.29, 1.82) is 0 Å². The fourth-order valence-corrected chi connectivity index (χ4v) is 3.47. The zero-order valence-electron chi connectivity index (χ0n) is 26.5. The van der Waals surface area contributed by atoms with E-state index in [1.165, 1.54) is 58.3 Å². The number of terminal acetylenes is 1. The van der Waals surface area contributed by atoms with Crippen molar-refractivity contribution in [3.8, 4) is 59.7 Å². The second-order valence-electron chi connectivity index (χ2n) is 8.85. The molecule has 0 spiro atoms. The molecule has 248 valence electrons. The van der Waals surface area contributed by atoms with E-state index < -0.39 is 39.1 Å². The van der Waals surface area contributed by atoms with Crippen molar-refractivity contribution < 1.29 is 115 Å². The van der Waals surface area contributed by atoms with E-state index in [9.17, 15) is 28.7 Å². The van der Waals surface area contributed by atoms with Crippen LogP contribution in [0, 0.1) is 59.7 Å². The molecule has 0 saturated heterocycles. The number of hydrogen-bond acceptors (Lipinski definition) is 9.